The van der Waals surface area contributed by atoms with Crippen molar-refractivity contribution >= 4 is 29.0 Å². The number of halogens is 2. The third-order valence-electron chi connectivity index (χ3n) is 5.16. The van der Waals surface area contributed by atoms with Crippen LogP contribution in [0.15, 0.2) is 42.5 Å². The van der Waals surface area contributed by atoms with Crippen LogP contribution in [-0.2, 0) is 11.3 Å². The number of amides is 1. The van der Waals surface area contributed by atoms with Crippen molar-refractivity contribution in [2.45, 2.75) is 13.5 Å². The second-order valence-corrected chi connectivity index (χ2v) is 7.68. The van der Waals surface area contributed by atoms with E-state index in [4.69, 9.17) is 11.6 Å². The van der Waals surface area contributed by atoms with Gasteiger partial charge in [0.05, 0.1) is 5.69 Å². The van der Waals surface area contributed by atoms with Gasteiger partial charge in [0.2, 0.25) is 11.7 Å². The van der Waals surface area contributed by atoms with Crippen molar-refractivity contribution in [1.29, 1.82) is 0 Å². The molecule has 0 spiro atoms. The van der Waals surface area contributed by atoms with Crippen molar-refractivity contribution in [2.75, 3.05) is 31.1 Å². The van der Waals surface area contributed by atoms with E-state index < -0.39 is 5.82 Å². The average Bonchev–Trinajstić information content (AvgIpc) is 3.22. The zero-order valence-electron chi connectivity index (χ0n) is 16.8. The van der Waals surface area contributed by atoms with Crippen LogP contribution in [0.25, 0.3) is 11.4 Å². The number of carbonyl (C=O) groups excluding carboxylic acids is 2. The SMILES string of the molecule is CC(=O)c1ccc(N2CCN(C(=O)Cn3nnc(-c4ccc(Cl)cc4)n3)CC2)c(F)c1. The topological polar surface area (TPSA) is 84.2 Å². The van der Waals surface area contributed by atoms with E-state index in [1.165, 1.54) is 17.8 Å². The number of rotatable bonds is 5. The first kappa shape index (κ1) is 20.9. The summed E-state index contributed by atoms with van der Waals surface area (Å²) in [6.45, 7) is 3.26. The minimum atomic E-state index is -0.436. The van der Waals surface area contributed by atoms with E-state index in [2.05, 4.69) is 15.4 Å². The monoisotopic (exact) mass is 442 g/mol. The Kier molecular flexibility index (Phi) is 5.94. The lowest BCUT2D eigenvalue weighted by molar-refractivity contribution is -0.132. The molecule has 0 bridgehead atoms. The Balaban J connectivity index is 1.35. The maximum Gasteiger partial charge on any atom is 0.246 e. The summed E-state index contributed by atoms with van der Waals surface area (Å²) in [5.74, 6) is -0.332. The van der Waals surface area contributed by atoms with Crippen LogP contribution in [0, 0.1) is 5.82 Å². The highest BCUT2D eigenvalue weighted by Gasteiger charge is 2.24. The summed E-state index contributed by atoms with van der Waals surface area (Å²) in [4.78, 5) is 28.9. The minimum absolute atomic E-state index is 0.0255. The molecule has 3 aromatic rings. The first-order chi connectivity index (χ1) is 14.9. The molecule has 0 atom stereocenters. The Bertz CT molecular complexity index is 1110. The van der Waals surface area contributed by atoms with Crippen LogP contribution in [0.2, 0.25) is 5.02 Å². The predicted molar refractivity (Wildman–Crippen MR) is 113 cm³/mol. The van der Waals surface area contributed by atoms with Gasteiger partial charge in [-0.15, -0.1) is 10.2 Å². The van der Waals surface area contributed by atoms with Gasteiger partial charge in [-0.2, -0.15) is 4.80 Å². The Morgan fingerprint density at radius 1 is 1.06 bits per heavy atom. The van der Waals surface area contributed by atoms with E-state index in [1.54, 1.807) is 41.3 Å². The molecule has 10 heteroatoms. The lowest BCUT2D eigenvalue weighted by Crippen LogP contribution is -2.50. The zero-order valence-corrected chi connectivity index (χ0v) is 17.6. The van der Waals surface area contributed by atoms with E-state index in [0.717, 1.165) is 5.56 Å². The predicted octanol–water partition coefficient (Wildman–Crippen LogP) is 2.68. The van der Waals surface area contributed by atoms with Gasteiger partial charge in [0.15, 0.2) is 5.78 Å². The lowest BCUT2D eigenvalue weighted by atomic mass is 10.1. The summed E-state index contributed by atoms with van der Waals surface area (Å²) in [6, 6.07) is 11.5. The molecule has 0 saturated carbocycles. The largest absolute Gasteiger partial charge is 0.366 e. The molecule has 2 aromatic carbocycles. The summed E-state index contributed by atoms with van der Waals surface area (Å²) in [5.41, 5.74) is 1.53. The van der Waals surface area contributed by atoms with Crippen molar-refractivity contribution in [3.8, 4) is 11.4 Å². The fourth-order valence-electron chi connectivity index (χ4n) is 3.42. The van der Waals surface area contributed by atoms with Gasteiger partial charge in [0, 0.05) is 42.3 Å². The first-order valence-corrected chi connectivity index (χ1v) is 10.2. The third-order valence-corrected chi connectivity index (χ3v) is 5.41. The van der Waals surface area contributed by atoms with Crippen LogP contribution in [0.5, 0.6) is 0 Å². The highest BCUT2D eigenvalue weighted by atomic mass is 35.5. The second-order valence-electron chi connectivity index (χ2n) is 7.24. The summed E-state index contributed by atoms with van der Waals surface area (Å²) in [5, 5.41) is 12.8. The number of piperazine rings is 1. The second kappa shape index (κ2) is 8.81. The number of ketones is 1. The van der Waals surface area contributed by atoms with Crippen LogP contribution in [0.4, 0.5) is 10.1 Å². The number of anilines is 1. The number of aromatic nitrogens is 4. The third kappa shape index (κ3) is 4.72. The smallest absolute Gasteiger partial charge is 0.246 e. The van der Waals surface area contributed by atoms with Crippen molar-refractivity contribution in [1.82, 2.24) is 25.1 Å². The Labute approximate surface area is 183 Å². The normalized spacial score (nSPS) is 14.0. The summed E-state index contributed by atoms with van der Waals surface area (Å²) in [6.07, 6.45) is 0. The lowest BCUT2D eigenvalue weighted by Gasteiger charge is -2.36. The number of tetrazole rings is 1. The molecule has 1 aliphatic rings. The fraction of sp³-hybridized carbons (Fsp3) is 0.286. The number of hydrogen-bond acceptors (Lipinski definition) is 6. The Hall–Kier alpha value is -3.33. The number of benzene rings is 2. The van der Waals surface area contributed by atoms with Gasteiger partial charge < -0.3 is 9.80 Å². The molecule has 8 nitrogen and oxygen atoms in total. The zero-order chi connectivity index (χ0) is 22.0. The minimum Gasteiger partial charge on any atom is -0.366 e. The fourth-order valence-corrected chi connectivity index (χ4v) is 3.55. The van der Waals surface area contributed by atoms with E-state index >= 15 is 0 Å². The number of Topliss-reactive ketones (excluding diaryl/α,β-unsaturated/α-hetero) is 1. The van der Waals surface area contributed by atoms with Gasteiger partial charge >= 0.3 is 0 Å². The van der Waals surface area contributed by atoms with E-state index in [0.29, 0.717) is 48.3 Å². The van der Waals surface area contributed by atoms with Crippen LogP contribution in [0.3, 0.4) is 0 Å². The average molecular weight is 443 g/mol. The standard InChI is InChI=1S/C21H20ClFN6O2/c1-14(30)16-4-7-19(18(23)12-16)27-8-10-28(11-9-27)20(31)13-29-25-21(24-26-29)15-2-5-17(22)6-3-15/h2-7,12H,8-11,13H2,1H3. The Morgan fingerprint density at radius 2 is 1.77 bits per heavy atom. The van der Waals surface area contributed by atoms with Gasteiger partial charge in [-0.3, -0.25) is 9.59 Å². The Morgan fingerprint density at radius 3 is 2.42 bits per heavy atom. The molecule has 1 fully saturated rings. The molecule has 0 unspecified atom stereocenters. The molecular formula is C21H20ClFN6O2. The quantitative estimate of drug-likeness (QED) is 0.565. The molecule has 2 heterocycles. The van der Waals surface area contributed by atoms with Crippen molar-refractivity contribution in [3.05, 3.63) is 58.9 Å². The van der Waals surface area contributed by atoms with Crippen molar-refractivity contribution in [2.24, 2.45) is 0 Å². The van der Waals surface area contributed by atoms with E-state index in [-0.39, 0.29) is 18.2 Å². The van der Waals surface area contributed by atoms with Gasteiger partial charge in [0.25, 0.3) is 0 Å². The van der Waals surface area contributed by atoms with Gasteiger partial charge in [-0.1, -0.05) is 11.6 Å². The summed E-state index contributed by atoms with van der Waals surface area (Å²) in [7, 11) is 0. The van der Waals surface area contributed by atoms with Gasteiger partial charge in [0.1, 0.15) is 12.4 Å². The highest BCUT2D eigenvalue weighted by molar-refractivity contribution is 6.30. The molecule has 1 aromatic heterocycles. The van der Waals surface area contributed by atoms with Crippen LogP contribution in [-0.4, -0.2) is 63.0 Å². The van der Waals surface area contributed by atoms with Gasteiger partial charge in [-0.05, 0) is 54.6 Å². The molecule has 1 saturated heterocycles. The van der Waals surface area contributed by atoms with E-state index in [1.807, 2.05) is 4.90 Å². The first-order valence-electron chi connectivity index (χ1n) is 9.77. The number of carbonyl (C=O) groups is 2. The molecule has 0 aliphatic carbocycles. The summed E-state index contributed by atoms with van der Waals surface area (Å²) < 4.78 is 14.4. The molecule has 160 valence electrons. The van der Waals surface area contributed by atoms with Crippen LogP contribution in [0.1, 0.15) is 17.3 Å². The number of hydrogen-bond donors (Lipinski definition) is 0. The molecular weight excluding hydrogens is 423 g/mol. The highest BCUT2D eigenvalue weighted by Crippen LogP contribution is 2.22. The molecule has 0 N–H and O–H groups in total. The molecule has 1 amide bonds. The van der Waals surface area contributed by atoms with Crippen LogP contribution >= 0.6 is 11.6 Å². The molecule has 0 radical (unpaired) electrons. The maximum absolute atomic E-state index is 14.4. The van der Waals surface area contributed by atoms with Gasteiger partial charge in [-0.25, -0.2) is 4.39 Å². The maximum atomic E-state index is 14.4. The van der Waals surface area contributed by atoms with Crippen molar-refractivity contribution < 1.29 is 14.0 Å². The van der Waals surface area contributed by atoms with Crippen LogP contribution < -0.4 is 4.90 Å². The molecule has 1 aliphatic heterocycles. The van der Waals surface area contributed by atoms with Crippen molar-refractivity contribution in [3.63, 3.8) is 0 Å². The summed E-state index contributed by atoms with van der Waals surface area (Å²) >= 11 is 5.89. The molecule has 4 rings (SSSR count). The van der Waals surface area contributed by atoms with E-state index in [9.17, 15) is 14.0 Å². The number of nitrogens with zero attached hydrogens (tertiary/aromatic N) is 6. The molecule has 31 heavy (non-hydrogen) atoms.